The van der Waals surface area contributed by atoms with Gasteiger partial charge >= 0.3 is 5.97 Å². The number of halogens is 1. The maximum absolute atomic E-state index is 12.4. The third-order valence-electron chi connectivity index (χ3n) is 3.30. The molecule has 0 aromatic heterocycles. The highest BCUT2D eigenvalue weighted by atomic mass is 35.5. The van der Waals surface area contributed by atoms with Crippen molar-refractivity contribution in [2.24, 2.45) is 0 Å². The highest BCUT2D eigenvalue weighted by molar-refractivity contribution is 7.98. The molecule has 144 valence electrons. The van der Waals surface area contributed by atoms with Gasteiger partial charge in [-0.2, -0.15) is 11.8 Å². The molecule has 26 heavy (non-hydrogen) atoms. The Morgan fingerprint density at radius 2 is 2.12 bits per heavy atom. The molecule has 0 saturated heterocycles. The number of sulfonamides is 1. The molecule has 0 spiro atoms. The van der Waals surface area contributed by atoms with Crippen molar-refractivity contribution in [3.8, 4) is 0 Å². The van der Waals surface area contributed by atoms with Crippen LogP contribution in [0.2, 0.25) is 5.02 Å². The Hall–Kier alpha value is -1.55. The predicted octanol–water partition coefficient (Wildman–Crippen LogP) is 1.83. The van der Waals surface area contributed by atoms with Crippen LogP contribution in [-0.2, 0) is 19.6 Å². The Kier molecular flexibility index (Phi) is 9.14. The number of hydrogen-bond donors (Lipinski definition) is 2. The third-order valence-corrected chi connectivity index (χ3v) is 5.85. The zero-order valence-corrected chi connectivity index (χ0v) is 16.8. The normalized spacial score (nSPS) is 12.3. The fourth-order valence-corrected chi connectivity index (χ4v) is 3.96. The number of hydrogen-bond acceptors (Lipinski definition) is 6. The van der Waals surface area contributed by atoms with Gasteiger partial charge in [-0.25, -0.2) is 17.9 Å². The number of benzene rings is 1. The molecule has 0 radical (unpaired) electrons. The van der Waals surface area contributed by atoms with E-state index in [1.54, 1.807) is 0 Å². The van der Waals surface area contributed by atoms with Crippen molar-refractivity contribution in [3.05, 3.63) is 41.4 Å². The Balaban J connectivity index is 3.07. The molecule has 0 saturated carbocycles. The lowest BCUT2D eigenvalue weighted by Gasteiger charge is -2.16. The zero-order chi connectivity index (χ0) is 19.7. The maximum atomic E-state index is 12.4. The van der Waals surface area contributed by atoms with Crippen molar-refractivity contribution in [3.63, 3.8) is 0 Å². The van der Waals surface area contributed by atoms with Crippen LogP contribution in [0.5, 0.6) is 0 Å². The molecule has 1 aromatic carbocycles. The van der Waals surface area contributed by atoms with Crippen LogP contribution in [0.25, 0.3) is 0 Å². The van der Waals surface area contributed by atoms with E-state index < -0.39 is 27.9 Å². The van der Waals surface area contributed by atoms with Gasteiger partial charge in [0.2, 0.25) is 10.0 Å². The second kappa shape index (κ2) is 10.6. The van der Waals surface area contributed by atoms with E-state index in [-0.39, 0.29) is 22.0 Å². The van der Waals surface area contributed by atoms with Gasteiger partial charge in [-0.05, 0) is 36.6 Å². The molecule has 2 N–H and O–H groups in total. The molecule has 1 atom stereocenters. The summed E-state index contributed by atoms with van der Waals surface area (Å²) in [5.41, 5.74) is 0.0615. The maximum Gasteiger partial charge on any atom is 0.328 e. The number of methoxy groups -OCH3 is 1. The smallest absolute Gasteiger partial charge is 0.328 e. The SMILES string of the molecule is C=CCNS(=O)(=O)c1cc(C(=O)N[C@@H](CCSC)C(=O)OC)ccc1Cl. The van der Waals surface area contributed by atoms with E-state index in [0.717, 1.165) is 6.07 Å². The minimum absolute atomic E-state index is 0.0220. The Labute approximate surface area is 162 Å². The van der Waals surface area contributed by atoms with Crippen molar-refractivity contribution < 1.29 is 22.7 Å². The van der Waals surface area contributed by atoms with Crippen molar-refractivity contribution in [2.45, 2.75) is 17.4 Å². The molecule has 10 heteroatoms. The van der Waals surface area contributed by atoms with E-state index in [1.807, 2.05) is 6.26 Å². The first-order chi connectivity index (χ1) is 12.3. The largest absolute Gasteiger partial charge is 0.467 e. The fraction of sp³-hybridized carbons (Fsp3) is 0.375. The Morgan fingerprint density at radius 3 is 2.69 bits per heavy atom. The number of esters is 1. The lowest BCUT2D eigenvalue weighted by molar-refractivity contribution is -0.142. The average Bonchev–Trinajstić information content (AvgIpc) is 2.62. The Bertz CT molecular complexity index is 768. The molecule has 7 nitrogen and oxygen atoms in total. The predicted molar refractivity (Wildman–Crippen MR) is 103 cm³/mol. The van der Waals surface area contributed by atoms with Gasteiger partial charge in [-0.1, -0.05) is 17.7 Å². The second-order valence-corrected chi connectivity index (χ2v) is 8.24. The molecule has 1 amide bonds. The van der Waals surface area contributed by atoms with Gasteiger partial charge in [0.25, 0.3) is 5.91 Å². The molecule has 1 aromatic rings. The molecule has 0 aliphatic carbocycles. The minimum Gasteiger partial charge on any atom is -0.467 e. The summed E-state index contributed by atoms with van der Waals surface area (Å²) >= 11 is 7.48. The number of amides is 1. The first kappa shape index (κ1) is 22.5. The highest BCUT2D eigenvalue weighted by Gasteiger charge is 2.24. The lowest BCUT2D eigenvalue weighted by Crippen LogP contribution is -2.42. The van der Waals surface area contributed by atoms with E-state index in [1.165, 1.54) is 37.1 Å². The van der Waals surface area contributed by atoms with Crippen LogP contribution >= 0.6 is 23.4 Å². The highest BCUT2D eigenvalue weighted by Crippen LogP contribution is 2.22. The van der Waals surface area contributed by atoms with Crippen LogP contribution in [0, 0.1) is 0 Å². The summed E-state index contributed by atoms with van der Waals surface area (Å²) in [6.07, 6.45) is 3.65. The second-order valence-electron chi connectivity index (χ2n) is 5.12. The first-order valence-corrected chi connectivity index (χ1v) is 10.8. The zero-order valence-electron chi connectivity index (χ0n) is 14.5. The summed E-state index contributed by atoms with van der Waals surface area (Å²) in [6, 6.07) is 3.03. The molecule has 0 fully saturated rings. The van der Waals surface area contributed by atoms with E-state index in [4.69, 9.17) is 11.6 Å². The molecule has 0 bridgehead atoms. The molecular formula is C16H21ClN2O5S2. The van der Waals surface area contributed by atoms with Gasteiger partial charge in [0.15, 0.2) is 0 Å². The molecule has 0 heterocycles. The summed E-state index contributed by atoms with van der Waals surface area (Å²) in [5.74, 6) is -0.522. The van der Waals surface area contributed by atoms with E-state index >= 15 is 0 Å². The van der Waals surface area contributed by atoms with Crippen molar-refractivity contribution in [1.82, 2.24) is 10.0 Å². The molecule has 0 aliphatic rings. The van der Waals surface area contributed by atoms with E-state index in [9.17, 15) is 18.0 Å². The van der Waals surface area contributed by atoms with Crippen molar-refractivity contribution in [2.75, 3.05) is 25.7 Å². The number of ether oxygens (including phenoxy) is 1. The first-order valence-electron chi connectivity index (χ1n) is 7.54. The molecule has 0 aliphatic heterocycles. The summed E-state index contributed by atoms with van der Waals surface area (Å²) in [4.78, 5) is 24.0. The number of thioether (sulfide) groups is 1. The third kappa shape index (κ3) is 6.31. The van der Waals surface area contributed by atoms with Crippen LogP contribution in [0.4, 0.5) is 0 Å². The topological polar surface area (TPSA) is 102 Å². The monoisotopic (exact) mass is 420 g/mol. The quantitative estimate of drug-likeness (QED) is 0.442. The lowest BCUT2D eigenvalue weighted by atomic mass is 10.1. The summed E-state index contributed by atoms with van der Waals surface area (Å²) in [7, 11) is -2.67. The van der Waals surface area contributed by atoms with Crippen LogP contribution in [-0.4, -0.2) is 52.0 Å². The fourth-order valence-electron chi connectivity index (χ4n) is 1.97. The van der Waals surface area contributed by atoms with Crippen LogP contribution in [0.3, 0.4) is 0 Å². The minimum atomic E-state index is -3.90. The molecule has 0 unspecified atom stereocenters. The van der Waals surface area contributed by atoms with Crippen LogP contribution < -0.4 is 10.0 Å². The summed E-state index contributed by atoms with van der Waals surface area (Å²) in [5, 5.41) is 2.54. The van der Waals surface area contributed by atoms with Crippen molar-refractivity contribution >= 4 is 45.3 Å². The molecular weight excluding hydrogens is 400 g/mol. The van der Waals surface area contributed by atoms with Gasteiger partial charge in [0.05, 0.1) is 12.1 Å². The van der Waals surface area contributed by atoms with Gasteiger partial charge in [-0.15, -0.1) is 6.58 Å². The van der Waals surface area contributed by atoms with E-state index in [0.29, 0.717) is 12.2 Å². The van der Waals surface area contributed by atoms with Crippen molar-refractivity contribution in [1.29, 1.82) is 0 Å². The van der Waals surface area contributed by atoms with Gasteiger partial charge in [-0.3, -0.25) is 4.79 Å². The Morgan fingerprint density at radius 1 is 1.42 bits per heavy atom. The van der Waals surface area contributed by atoms with E-state index in [2.05, 4.69) is 21.4 Å². The van der Waals surface area contributed by atoms with Gasteiger partial charge in [0, 0.05) is 12.1 Å². The van der Waals surface area contributed by atoms with Crippen LogP contribution in [0.1, 0.15) is 16.8 Å². The standard InChI is InChI=1S/C16H21ClN2O5S2/c1-4-8-18-26(22,23)14-10-11(5-6-12(14)17)15(20)19-13(7-9-25-3)16(21)24-2/h4-6,10,13,18H,1,7-9H2,2-3H3,(H,19,20)/t13-/m0/s1. The number of nitrogens with one attached hydrogen (secondary N) is 2. The summed E-state index contributed by atoms with van der Waals surface area (Å²) < 4.78 is 31.5. The number of carbonyl (C=O) groups excluding carboxylic acids is 2. The average molecular weight is 421 g/mol. The number of carbonyl (C=O) groups is 2. The van der Waals surface area contributed by atoms with Crippen LogP contribution in [0.15, 0.2) is 35.7 Å². The van der Waals surface area contributed by atoms with Gasteiger partial charge in [0.1, 0.15) is 10.9 Å². The summed E-state index contributed by atoms with van der Waals surface area (Å²) in [6.45, 7) is 3.46. The van der Waals surface area contributed by atoms with Gasteiger partial charge < -0.3 is 10.1 Å². The molecule has 1 rings (SSSR count). The number of rotatable bonds is 10.